The van der Waals surface area contributed by atoms with Crippen molar-refractivity contribution in [3.05, 3.63) is 56.3 Å². The molecule has 0 aromatic heterocycles. The highest BCUT2D eigenvalue weighted by atomic mass is 35.5. The minimum atomic E-state index is -1.03. The molecule has 2 N–H and O–H groups in total. The number of carbonyl (C=O) groups is 2. The van der Waals surface area contributed by atoms with Gasteiger partial charge >= 0.3 is 5.97 Å². The van der Waals surface area contributed by atoms with E-state index in [1.807, 2.05) is 0 Å². The van der Waals surface area contributed by atoms with Gasteiger partial charge in [-0.25, -0.2) is 4.39 Å². The Labute approximate surface area is 163 Å². The van der Waals surface area contributed by atoms with E-state index in [-0.39, 0.29) is 45.1 Å². The first kappa shape index (κ1) is 20.3. The largest absolute Gasteiger partial charge is 0.486 e. The van der Waals surface area contributed by atoms with Crippen LogP contribution >= 0.6 is 34.8 Å². The summed E-state index contributed by atoms with van der Waals surface area (Å²) in [6.07, 6.45) is -0.247. The quantitative estimate of drug-likeness (QED) is 0.693. The predicted molar refractivity (Wildman–Crippen MR) is 97.8 cm³/mol. The number of nitrogens with one attached hydrogen (secondary N) is 1. The Kier molecular flexibility index (Phi) is 6.69. The third kappa shape index (κ3) is 5.24. The number of rotatable bonds is 6. The second-order valence-corrected chi connectivity index (χ2v) is 6.61. The molecule has 0 saturated carbocycles. The number of benzene rings is 2. The van der Waals surface area contributed by atoms with Gasteiger partial charge in [-0.2, -0.15) is 0 Å². The zero-order chi connectivity index (χ0) is 19.4. The lowest BCUT2D eigenvalue weighted by atomic mass is 10.1. The summed E-state index contributed by atoms with van der Waals surface area (Å²) < 4.78 is 19.9. The van der Waals surface area contributed by atoms with E-state index < -0.39 is 17.7 Å². The molecule has 0 heterocycles. The molecule has 0 aliphatic heterocycles. The van der Waals surface area contributed by atoms with Gasteiger partial charge in [0.25, 0.3) is 0 Å². The number of carboxylic acids is 1. The normalized spacial score (nSPS) is 10.5. The number of aliphatic carboxylic acids is 1. The minimum Gasteiger partial charge on any atom is -0.486 e. The highest BCUT2D eigenvalue weighted by Gasteiger charge is 2.15. The van der Waals surface area contributed by atoms with Crippen molar-refractivity contribution in [1.82, 2.24) is 0 Å². The maximum Gasteiger partial charge on any atom is 0.307 e. The van der Waals surface area contributed by atoms with Crippen LogP contribution in [0, 0.1) is 5.82 Å². The van der Waals surface area contributed by atoms with Crippen molar-refractivity contribution in [3.63, 3.8) is 0 Å². The zero-order valence-corrected chi connectivity index (χ0v) is 15.7. The number of halogens is 4. The van der Waals surface area contributed by atoms with Crippen LogP contribution in [0.25, 0.3) is 0 Å². The number of carbonyl (C=O) groups excluding carboxylic acids is 1. The molecule has 2 aromatic carbocycles. The van der Waals surface area contributed by atoms with Gasteiger partial charge in [0.15, 0.2) is 11.6 Å². The molecule has 0 aliphatic rings. The molecule has 2 rings (SSSR count). The lowest BCUT2D eigenvalue weighted by molar-refractivity contribution is -0.136. The first-order chi connectivity index (χ1) is 12.2. The van der Waals surface area contributed by atoms with E-state index in [1.165, 1.54) is 31.2 Å². The SMILES string of the molecule is CC(=O)Nc1cc(Cl)cc(COc2c(Cl)cc(CC(=O)O)cc2Cl)c1F. The van der Waals surface area contributed by atoms with Crippen LogP contribution in [0.15, 0.2) is 24.3 Å². The molecule has 0 atom stereocenters. The Balaban J connectivity index is 2.25. The first-order valence-electron chi connectivity index (χ1n) is 7.25. The van der Waals surface area contributed by atoms with Crippen LogP contribution in [0.2, 0.25) is 15.1 Å². The van der Waals surface area contributed by atoms with Gasteiger partial charge in [0.2, 0.25) is 5.91 Å². The summed E-state index contributed by atoms with van der Waals surface area (Å²) in [5.74, 6) is -2.09. The molecule has 0 aliphatic carbocycles. The Bertz CT molecular complexity index is 850. The Hall–Kier alpha value is -2.02. The summed E-state index contributed by atoms with van der Waals surface area (Å²) in [6.45, 7) is 0.992. The summed E-state index contributed by atoms with van der Waals surface area (Å²) in [5, 5.41) is 11.6. The van der Waals surface area contributed by atoms with Crippen molar-refractivity contribution in [2.45, 2.75) is 20.0 Å². The van der Waals surface area contributed by atoms with Crippen LogP contribution in [0.1, 0.15) is 18.1 Å². The molecule has 138 valence electrons. The van der Waals surface area contributed by atoms with Crippen LogP contribution < -0.4 is 10.1 Å². The second kappa shape index (κ2) is 8.58. The average molecular weight is 421 g/mol. The fourth-order valence-electron chi connectivity index (χ4n) is 2.21. The van der Waals surface area contributed by atoms with Crippen LogP contribution in [0.3, 0.4) is 0 Å². The van der Waals surface area contributed by atoms with Crippen LogP contribution in [0.4, 0.5) is 10.1 Å². The van der Waals surface area contributed by atoms with Crippen molar-refractivity contribution in [2.75, 3.05) is 5.32 Å². The molecular weight excluding hydrogens is 408 g/mol. The smallest absolute Gasteiger partial charge is 0.307 e. The van der Waals surface area contributed by atoms with Crippen molar-refractivity contribution in [3.8, 4) is 5.75 Å². The van der Waals surface area contributed by atoms with Crippen molar-refractivity contribution >= 4 is 52.4 Å². The molecule has 0 radical (unpaired) electrons. The zero-order valence-electron chi connectivity index (χ0n) is 13.4. The molecule has 2 aromatic rings. The molecule has 26 heavy (non-hydrogen) atoms. The maximum absolute atomic E-state index is 14.4. The van der Waals surface area contributed by atoms with Crippen molar-refractivity contribution < 1.29 is 23.8 Å². The minimum absolute atomic E-state index is 0.0717. The predicted octanol–water partition coefficient (Wildman–Crippen LogP) is 4.95. The third-order valence-corrected chi connectivity index (χ3v) is 3.99. The van der Waals surface area contributed by atoms with Gasteiger partial charge in [0, 0.05) is 17.5 Å². The number of carboxylic acid groups (broad SMARTS) is 1. The Morgan fingerprint density at radius 2 is 1.77 bits per heavy atom. The lowest BCUT2D eigenvalue weighted by Gasteiger charge is -2.14. The van der Waals surface area contributed by atoms with Gasteiger partial charge in [0.1, 0.15) is 6.61 Å². The average Bonchev–Trinajstić information content (AvgIpc) is 2.49. The molecule has 0 fully saturated rings. The molecule has 9 heteroatoms. The number of anilines is 1. The molecule has 5 nitrogen and oxygen atoms in total. The number of hydrogen-bond donors (Lipinski definition) is 2. The highest BCUT2D eigenvalue weighted by Crippen LogP contribution is 2.35. The van der Waals surface area contributed by atoms with E-state index in [1.54, 1.807) is 0 Å². The highest BCUT2D eigenvalue weighted by molar-refractivity contribution is 6.37. The maximum atomic E-state index is 14.4. The summed E-state index contributed by atoms with van der Waals surface area (Å²) in [5.41, 5.74) is 0.419. The van der Waals surface area contributed by atoms with E-state index in [2.05, 4.69) is 5.32 Å². The van der Waals surface area contributed by atoms with Gasteiger partial charge in [-0.3, -0.25) is 9.59 Å². The fraction of sp³-hybridized carbons (Fsp3) is 0.176. The van der Waals surface area contributed by atoms with Crippen molar-refractivity contribution in [2.24, 2.45) is 0 Å². The van der Waals surface area contributed by atoms with Gasteiger partial charge in [0.05, 0.1) is 22.2 Å². The van der Waals surface area contributed by atoms with E-state index in [0.29, 0.717) is 5.56 Å². The van der Waals surface area contributed by atoms with Gasteiger partial charge in [-0.05, 0) is 29.8 Å². The van der Waals surface area contributed by atoms with E-state index in [4.69, 9.17) is 44.6 Å². The molecular formula is C17H13Cl3FNO4. The van der Waals surface area contributed by atoms with E-state index in [9.17, 15) is 14.0 Å². The van der Waals surface area contributed by atoms with Crippen LogP contribution in [-0.4, -0.2) is 17.0 Å². The number of amides is 1. The Morgan fingerprint density at radius 1 is 1.15 bits per heavy atom. The summed E-state index contributed by atoms with van der Waals surface area (Å²) in [4.78, 5) is 21.9. The molecule has 1 amide bonds. The molecule has 0 spiro atoms. The lowest BCUT2D eigenvalue weighted by Crippen LogP contribution is -2.10. The summed E-state index contributed by atoms with van der Waals surface area (Å²) in [6, 6.07) is 5.45. The Morgan fingerprint density at radius 3 is 2.31 bits per heavy atom. The number of ether oxygens (including phenoxy) is 1. The van der Waals surface area contributed by atoms with E-state index in [0.717, 1.165) is 0 Å². The van der Waals surface area contributed by atoms with Crippen LogP contribution in [0.5, 0.6) is 5.75 Å². The third-order valence-electron chi connectivity index (χ3n) is 3.21. The molecule has 0 unspecified atom stereocenters. The van der Waals surface area contributed by atoms with E-state index >= 15 is 0 Å². The standard InChI is InChI=1S/C17H13Cl3FNO4/c1-8(23)22-14-6-11(18)5-10(16(14)21)7-26-17-12(19)2-9(3-13(17)20)4-15(24)25/h2-3,5-6H,4,7H2,1H3,(H,22,23)(H,24,25). The van der Waals surface area contributed by atoms with Gasteiger partial charge in [-0.15, -0.1) is 0 Å². The first-order valence-corrected chi connectivity index (χ1v) is 8.38. The van der Waals surface area contributed by atoms with Gasteiger partial charge < -0.3 is 15.2 Å². The monoisotopic (exact) mass is 419 g/mol. The number of hydrogen-bond acceptors (Lipinski definition) is 3. The van der Waals surface area contributed by atoms with Crippen molar-refractivity contribution in [1.29, 1.82) is 0 Å². The van der Waals surface area contributed by atoms with Gasteiger partial charge in [-0.1, -0.05) is 34.8 Å². The topological polar surface area (TPSA) is 75.6 Å². The second-order valence-electron chi connectivity index (χ2n) is 5.36. The fourth-order valence-corrected chi connectivity index (χ4v) is 3.09. The molecule has 0 saturated heterocycles. The summed E-state index contributed by atoms with van der Waals surface area (Å²) >= 11 is 18.1. The van der Waals surface area contributed by atoms with Crippen LogP contribution in [-0.2, 0) is 22.6 Å². The molecule has 0 bridgehead atoms. The summed E-state index contributed by atoms with van der Waals surface area (Å²) in [7, 11) is 0.